The molecule has 0 aromatic carbocycles. The highest BCUT2D eigenvalue weighted by Gasteiger charge is 2.09. The number of nitrogens with one attached hydrogen (secondary N) is 1. The molecule has 1 N–H and O–H groups in total. The first-order valence-electron chi connectivity index (χ1n) is 6.74. The SMILES string of the molecule is Cc1c(CNC(C)CCC(C)C)cc(C#N)n1C. The summed E-state index contributed by atoms with van der Waals surface area (Å²) in [6, 6.07) is 4.73. The van der Waals surface area contributed by atoms with Crippen LogP contribution in [-0.2, 0) is 13.6 Å². The molecule has 1 aromatic rings. The van der Waals surface area contributed by atoms with E-state index in [9.17, 15) is 0 Å². The van der Waals surface area contributed by atoms with Crippen molar-refractivity contribution in [3.05, 3.63) is 23.0 Å². The van der Waals surface area contributed by atoms with E-state index in [0.717, 1.165) is 18.2 Å². The van der Waals surface area contributed by atoms with Crippen molar-refractivity contribution in [2.24, 2.45) is 13.0 Å². The van der Waals surface area contributed by atoms with Gasteiger partial charge in [0.25, 0.3) is 0 Å². The first kappa shape index (κ1) is 14.8. The maximum absolute atomic E-state index is 8.99. The zero-order valence-corrected chi connectivity index (χ0v) is 12.2. The van der Waals surface area contributed by atoms with Gasteiger partial charge in [-0.15, -0.1) is 0 Å². The molecule has 0 aliphatic heterocycles. The van der Waals surface area contributed by atoms with Gasteiger partial charge in [0.2, 0.25) is 0 Å². The first-order chi connectivity index (χ1) is 8.45. The second-order valence-corrected chi connectivity index (χ2v) is 5.56. The minimum absolute atomic E-state index is 0.526. The summed E-state index contributed by atoms with van der Waals surface area (Å²) in [5.41, 5.74) is 3.14. The number of nitrogens with zero attached hydrogens (tertiary/aromatic N) is 2. The minimum atomic E-state index is 0.526. The van der Waals surface area contributed by atoms with Crippen molar-refractivity contribution in [1.29, 1.82) is 5.26 Å². The van der Waals surface area contributed by atoms with Gasteiger partial charge in [-0.05, 0) is 44.2 Å². The Balaban J connectivity index is 2.51. The lowest BCUT2D eigenvalue weighted by molar-refractivity contribution is 0.450. The molecule has 0 saturated heterocycles. The summed E-state index contributed by atoms with van der Waals surface area (Å²) in [6.07, 6.45) is 2.46. The molecule has 0 aliphatic carbocycles. The Morgan fingerprint density at radius 3 is 2.50 bits per heavy atom. The van der Waals surface area contributed by atoms with Gasteiger partial charge in [0, 0.05) is 25.3 Å². The summed E-state index contributed by atoms with van der Waals surface area (Å²) >= 11 is 0. The highest BCUT2D eigenvalue weighted by molar-refractivity contribution is 5.34. The number of aromatic nitrogens is 1. The van der Waals surface area contributed by atoms with Crippen molar-refractivity contribution in [3.63, 3.8) is 0 Å². The van der Waals surface area contributed by atoms with E-state index in [1.54, 1.807) is 0 Å². The first-order valence-corrected chi connectivity index (χ1v) is 6.74. The molecule has 1 aromatic heterocycles. The smallest absolute Gasteiger partial charge is 0.120 e. The molecule has 0 amide bonds. The van der Waals surface area contributed by atoms with Crippen molar-refractivity contribution < 1.29 is 0 Å². The number of rotatable bonds is 6. The molecule has 0 bridgehead atoms. The average Bonchev–Trinajstić information content (AvgIpc) is 2.61. The Kier molecular flexibility index (Phi) is 5.43. The average molecular weight is 247 g/mol. The molecule has 0 saturated carbocycles. The van der Waals surface area contributed by atoms with E-state index in [1.807, 2.05) is 17.7 Å². The van der Waals surface area contributed by atoms with Crippen LogP contribution in [0.5, 0.6) is 0 Å². The molecule has 3 nitrogen and oxygen atoms in total. The number of hydrogen-bond acceptors (Lipinski definition) is 2. The van der Waals surface area contributed by atoms with Crippen LogP contribution < -0.4 is 5.32 Å². The van der Waals surface area contributed by atoms with Crippen molar-refractivity contribution in [3.8, 4) is 6.07 Å². The lowest BCUT2D eigenvalue weighted by Gasteiger charge is -2.15. The van der Waals surface area contributed by atoms with Crippen molar-refractivity contribution in [2.45, 2.75) is 53.1 Å². The second-order valence-electron chi connectivity index (χ2n) is 5.56. The number of nitriles is 1. The zero-order chi connectivity index (χ0) is 13.7. The van der Waals surface area contributed by atoms with Crippen LogP contribution in [0.25, 0.3) is 0 Å². The van der Waals surface area contributed by atoms with Gasteiger partial charge in [0.1, 0.15) is 11.8 Å². The number of hydrogen-bond donors (Lipinski definition) is 1. The molecule has 0 radical (unpaired) electrons. The van der Waals surface area contributed by atoms with Gasteiger partial charge in [-0.2, -0.15) is 5.26 Å². The third kappa shape index (κ3) is 3.89. The lowest BCUT2D eigenvalue weighted by atomic mass is 10.0. The van der Waals surface area contributed by atoms with E-state index in [0.29, 0.717) is 6.04 Å². The van der Waals surface area contributed by atoms with Crippen LogP contribution >= 0.6 is 0 Å². The maximum atomic E-state index is 8.99. The molecule has 3 heteroatoms. The molecular formula is C15H25N3. The van der Waals surface area contributed by atoms with E-state index in [4.69, 9.17) is 5.26 Å². The largest absolute Gasteiger partial charge is 0.340 e. The van der Waals surface area contributed by atoms with E-state index in [1.165, 1.54) is 24.1 Å². The fourth-order valence-corrected chi connectivity index (χ4v) is 2.02. The van der Waals surface area contributed by atoms with E-state index >= 15 is 0 Å². The molecule has 0 aliphatic rings. The molecule has 18 heavy (non-hydrogen) atoms. The van der Waals surface area contributed by atoms with Crippen LogP contribution in [0.3, 0.4) is 0 Å². The molecular weight excluding hydrogens is 222 g/mol. The molecule has 1 atom stereocenters. The van der Waals surface area contributed by atoms with Gasteiger partial charge in [-0.3, -0.25) is 0 Å². The Hall–Kier alpha value is -1.27. The van der Waals surface area contributed by atoms with Crippen molar-refractivity contribution in [1.82, 2.24) is 9.88 Å². The molecule has 1 unspecified atom stereocenters. The van der Waals surface area contributed by atoms with Crippen LogP contribution in [0.1, 0.15) is 50.6 Å². The summed E-state index contributed by atoms with van der Waals surface area (Å²) < 4.78 is 1.95. The maximum Gasteiger partial charge on any atom is 0.120 e. The summed E-state index contributed by atoms with van der Waals surface area (Å²) in [5.74, 6) is 0.762. The predicted octanol–water partition coefficient (Wildman–Crippen LogP) is 3.12. The van der Waals surface area contributed by atoms with E-state index < -0.39 is 0 Å². The Labute approximate surface area is 111 Å². The third-order valence-corrected chi connectivity index (χ3v) is 3.57. The molecule has 100 valence electrons. The summed E-state index contributed by atoms with van der Waals surface area (Å²) in [7, 11) is 1.94. The van der Waals surface area contributed by atoms with Gasteiger partial charge in [0.05, 0.1) is 0 Å². The monoisotopic (exact) mass is 247 g/mol. The molecule has 0 spiro atoms. The van der Waals surface area contributed by atoms with Crippen LogP contribution in [0, 0.1) is 24.2 Å². The molecule has 1 rings (SSSR count). The van der Waals surface area contributed by atoms with Crippen molar-refractivity contribution >= 4 is 0 Å². The third-order valence-electron chi connectivity index (χ3n) is 3.57. The minimum Gasteiger partial charge on any atom is -0.340 e. The zero-order valence-electron chi connectivity index (χ0n) is 12.2. The molecule has 1 heterocycles. The summed E-state index contributed by atoms with van der Waals surface area (Å²) in [4.78, 5) is 0. The lowest BCUT2D eigenvalue weighted by Crippen LogP contribution is -2.26. The quantitative estimate of drug-likeness (QED) is 0.839. The van der Waals surface area contributed by atoms with Gasteiger partial charge < -0.3 is 9.88 Å². The molecule has 0 fully saturated rings. The second kappa shape index (κ2) is 6.61. The van der Waals surface area contributed by atoms with E-state index in [-0.39, 0.29) is 0 Å². The van der Waals surface area contributed by atoms with Gasteiger partial charge in [-0.1, -0.05) is 13.8 Å². The summed E-state index contributed by atoms with van der Waals surface area (Å²) in [6.45, 7) is 9.66. The topological polar surface area (TPSA) is 40.8 Å². The predicted molar refractivity (Wildman–Crippen MR) is 75.2 cm³/mol. The highest BCUT2D eigenvalue weighted by atomic mass is 15.0. The van der Waals surface area contributed by atoms with Crippen LogP contribution in [0.2, 0.25) is 0 Å². The highest BCUT2D eigenvalue weighted by Crippen LogP contribution is 2.14. The Bertz CT molecular complexity index is 424. The Morgan fingerprint density at radius 2 is 2.00 bits per heavy atom. The summed E-state index contributed by atoms with van der Waals surface area (Å²) in [5, 5.41) is 12.5. The van der Waals surface area contributed by atoms with Gasteiger partial charge in [0.15, 0.2) is 0 Å². The standard InChI is InChI=1S/C15H25N3/c1-11(2)6-7-12(3)17-10-14-8-15(9-16)18(5)13(14)4/h8,11-12,17H,6-7,10H2,1-5H3. The fraction of sp³-hybridized carbons (Fsp3) is 0.667. The van der Waals surface area contributed by atoms with Crippen molar-refractivity contribution in [2.75, 3.05) is 0 Å². The van der Waals surface area contributed by atoms with Gasteiger partial charge in [-0.25, -0.2) is 0 Å². The van der Waals surface area contributed by atoms with Crippen LogP contribution in [0.4, 0.5) is 0 Å². The van der Waals surface area contributed by atoms with Gasteiger partial charge >= 0.3 is 0 Å². The Morgan fingerprint density at radius 1 is 1.33 bits per heavy atom. The van der Waals surface area contributed by atoms with E-state index in [2.05, 4.69) is 39.1 Å². The van der Waals surface area contributed by atoms with Crippen LogP contribution in [0.15, 0.2) is 6.07 Å². The van der Waals surface area contributed by atoms with Crippen LogP contribution in [-0.4, -0.2) is 10.6 Å². The normalized spacial score (nSPS) is 12.7. The fourth-order valence-electron chi connectivity index (χ4n) is 2.02.